The molecule has 4 rings (SSSR count). The second kappa shape index (κ2) is 9.60. The minimum Gasteiger partial charge on any atom is -0.487 e. The maximum Gasteiger partial charge on any atom is 0.205 e. The third kappa shape index (κ3) is 5.40. The lowest BCUT2D eigenvalue weighted by Gasteiger charge is -2.19. The molecule has 9 heteroatoms. The number of aromatic amines is 1. The SMILES string of the molecule is CCOc1c(Nc2cc(C)[nH]n2)nc(Sc2ccc(CC(=O)C3CC3)cc2)nc1N(C)C. The molecule has 0 unspecified atom stereocenters. The average molecular weight is 453 g/mol. The summed E-state index contributed by atoms with van der Waals surface area (Å²) in [5, 5.41) is 11.0. The number of carbonyl (C=O) groups is 1. The van der Waals surface area contributed by atoms with Crippen molar-refractivity contribution in [1.82, 2.24) is 20.2 Å². The number of H-pyrrole nitrogens is 1. The number of Topliss-reactive ketones (excluding diaryl/α,β-unsaturated/α-hetero) is 1. The van der Waals surface area contributed by atoms with Gasteiger partial charge in [0.1, 0.15) is 5.78 Å². The van der Waals surface area contributed by atoms with Crippen LogP contribution in [-0.2, 0) is 11.2 Å². The molecule has 2 N–H and O–H groups in total. The highest BCUT2D eigenvalue weighted by molar-refractivity contribution is 7.99. The van der Waals surface area contributed by atoms with Crippen LogP contribution in [0.2, 0.25) is 0 Å². The second-order valence-electron chi connectivity index (χ2n) is 8.06. The van der Waals surface area contributed by atoms with Crippen LogP contribution < -0.4 is 15.0 Å². The number of aromatic nitrogens is 4. The van der Waals surface area contributed by atoms with Crippen LogP contribution in [0.4, 0.5) is 17.5 Å². The highest BCUT2D eigenvalue weighted by Crippen LogP contribution is 2.37. The Labute approximate surface area is 192 Å². The van der Waals surface area contributed by atoms with Crippen LogP contribution in [0.1, 0.15) is 31.0 Å². The first-order valence-corrected chi connectivity index (χ1v) is 11.5. The van der Waals surface area contributed by atoms with E-state index in [0.29, 0.717) is 47.2 Å². The van der Waals surface area contributed by atoms with Crippen molar-refractivity contribution in [2.45, 2.75) is 43.2 Å². The number of nitrogens with one attached hydrogen (secondary N) is 2. The van der Waals surface area contributed by atoms with E-state index in [9.17, 15) is 4.79 Å². The molecule has 0 bridgehead atoms. The minimum atomic E-state index is 0.287. The van der Waals surface area contributed by atoms with Gasteiger partial charge >= 0.3 is 0 Å². The molecule has 2 aromatic heterocycles. The normalized spacial score (nSPS) is 13.1. The molecule has 0 radical (unpaired) electrons. The van der Waals surface area contributed by atoms with Gasteiger partial charge in [-0.25, -0.2) is 9.97 Å². The van der Waals surface area contributed by atoms with Crippen molar-refractivity contribution in [3.63, 3.8) is 0 Å². The lowest BCUT2D eigenvalue weighted by Crippen LogP contribution is -2.15. The van der Waals surface area contributed by atoms with Crippen molar-refractivity contribution in [2.75, 3.05) is 30.9 Å². The number of hydrogen-bond acceptors (Lipinski definition) is 8. The molecule has 3 aromatic rings. The minimum absolute atomic E-state index is 0.287. The zero-order valence-corrected chi connectivity index (χ0v) is 19.6. The van der Waals surface area contributed by atoms with Gasteiger partial charge in [-0.3, -0.25) is 9.89 Å². The van der Waals surface area contributed by atoms with Gasteiger partial charge in [-0.2, -0.15) is 5.10 Å². The smallest absolute Gasteiger partial charge is 0.205 e. The van der Waals surface area contributed by atoms with Crippen LogP contribution in [0.5, 0.6) is 5.75 Å². The quantitative estimate of drug-likeness (QED) is 0.437. The van der Waals surface area contributed by atoms with Gasteiger partial charge in [-0.1, -0.05) is 12.1 Å². The molecule has 32 heavy (non-hydrogen) atoms. The van der Waals surface area contributed by atoms with E-state index in [1.54, 1.807) is 0 Å². The van der Waals surface area contributed by atoms with Gasteiger partial charge in [0.25, 0.3) is 0 Å². The zero-order chi connectivity index (χ0) is 22.7. The number of anilines is 3. The molecule has 0 spiro atoms. The molecule has 1 fully saturated rings. The molecular weight excluding hydrogens is 424 g/mol. The third-order valence-electron chi connectivity index (χ3n) is 5.04. The van der Waals surface area contributed by atoms with Crippen LogP contribution in [0.15, 0.2) is 40.4 Å². The highest BCUT2D eigenvalue weighted by atomic mass is 32.2. The molecule has 1 aromatic carbocycles. The fourth-order valence-electron chi connectivity index (χ4n) is 3.26. The zero-order valence-electron chi connectivity index (χ0n) is 18.8. The van der Waals surface area contributed by atoms with Crippen LogP contribution in [0.25, 0.3) is 0 Å². The summed E-state index contributed by atoms with van der Waals surface area (Å²) >= 11 is 1.46. The van der Waals surface area contributed by atoms with Crippen molar-refractivity contribution in [2.24, 2.45) is 5.92 Å². The Hall–Kier alpha value is -3.07. The van der Waals surface area contributed by atoms with Crippen molar-refractivity contribution in [1.29, 1.82) is 0 Å². The van der Waals surface area contributed by atoms with Crippen LogP contribution in [0.3, 0.4) is 0 Å². The Morgan fingerprint density at radius 1 is 1.25 bits per heavy atom. The van der Waals surface area contributed by atoms with Gasteiger partial charge in [-0.05, 0) is 56.1 Å². The molecule has 1 aliphatic carbocycles. The van der Waals surface area contributed by atoms with Crippen molar-refractivity contribution in [3.8, 4) is 5.75 Å². The average Bonchev–Trinajstić information content (AvgIpc) is 3.53. The monoisotopic (exact) mass is 452 g/mol. The molecule has 0 saturated heterocycles. The summed E-state index contributed by atoms with van der Waals surface area (Å²) in [6.45, 7) is 4.36. The van der Waals surface area contributed by atoms with Crippen LogP contribution in [-0.4, -0.2) is 46.7 Å². The third-order valence-corrected chi connectivity index (χ3v) is 5.91. The largest absolute Gasteiger partial charge is 0.487 e. The van der Waals surface area contributed by atoms with E-state index in [0.717, 1.165) is 29.0 Å². The number of ether oxygens (including phenoxy) is 1. The molecular formula is C23H28N6O2S. The van der Waals surface area contributed by atoms with E-state index in [1.807, 2.05) is 63.2 Å². The van der Waals surface area contributed by atoms with E-state index in [4.69, 9.17) is 14.7 Å². The van der Waals surface area contributed by atoms with Gasteiger partial charge in [0.05, 0.1) is 6.61 Å². The molecule has 0 atom stereocenters. The van der Waals surface area contributed by atoms with E-state index >= 15 is 0 Å². The molecule has 1 saturated carbocycles. The number of ketones is 1. The van der Waals surface area contributed by atoms with Gasteiger partial charge in [0.2, 0.25) is 5.75 Å². The first-order chi connectivity index (χ1) is 15.4. The fourth-order valence-corrected chi connectivity index (χ4v) is 4.02. The van der Waals surface area contributed by atoms with E-state index in [-0.39, 0.29) is 5.92 Å². The van der Waals surface area contributed by atoms with Gasteiger partial charge < -0.3 is 15.0 Å². The number of carbonyl (C=O) groups excluding carboxylic acids is 1. The predicted octanol–water partition coefficient (Wildman–Crippen LogP) is 4.39. The summed E-state index contributed by atoms with van der Waals surface area (Å²) in [6.07, 6.45) is 2.60. The highest BCUT2D eigenvalue weighted by Gasteiger charge is 2.29. The standard InChI is InChI=1S/C23H28N6O2S/c1-5-31-20-21(24-19-12-14(2)27-28-19)25-23(26-22(20)29(3)4)32-17-10-6-15(7-11-17)13-18(30)16-8-9-16/h6-7,10-12,16H,5,8-9,13H2,1-4H3,(H2,24,25,26,27,28). The maximum absolute atomic E-state index is 12.1. The van der Waals surface area contributed by atoms with Crippen molar-refractivity contribution >= 4 is 35.0 Å². The fraction of sp³-hybridized carbons (Fsp3) is 0.391. The van der Waals surface area contributed by atoms with Crippen LogP contribution in [0, 0.1) is 12.8 Å². The number of nitrogens with zero attached hydrogens (tertiary/aromatic N) is 4. The van der Waals surface area contributed by atoms with Gasteiger partial charge in [0, 0.05) is 43.1 Å². The summed E-state index contributed by atoms with van der Waals surface area (Å²) in [4.78, 5) is 24.4. The Balaban J connectivity index is 1.58. The Morgan fingerprint density at radius 2 is 2.00 bits per heavy atom. The summed E-state index contributed by atoms with van der Waals surface area (Å²) < 4.78 is 5.88. The van der Waals surface area contributed by atoms with Crippen LogP contribution >= 0.6 is 11.8 Å². The number of benzene rings is 1. The number of aryl methyl sites for hydroxylation is 1. The molecule has 0 amide bonds. The van der Waals surface area contributed by atoms with E-state index < -0.39 is 0 Å². The molecule has 8 nitrogen and oxygen atoms in total. The Morgan fingerprint density at radius 3 is 2.59 bits per heavy atom. The Bertz CT molecular complexity index is 1090. The van der Waals surface area contributed by atoms with Gasteiger partial charge in [-0.15, -0.1) is 0 Å². The number of rotatable bonds is 10. The predicted molar refractivity (Wildman–Crippen MR) is 126 cm³/mol. The summed E-state index contributed by atoms with van der Waals surface area (Å²) in [5.74, 6) is 3.12. The number of hydrogen-bond donors (Lipinski definition) is 2. The maximum atomic E-state index is 12.1. The second-order valence-corrected chi connectivity index (χ2v) is 9.10. The first-order valence-electron chi connectivity index (χ1n) is 10.7. The van der Waals surface area contributed by atoms with Crippen molar-refractivity contribution < 1.29 is 9.53 Å². The van der Waals surface area contributed by atoms with Gasteiger partial charge in [0.15, 0.2) is 22.6 Å². The Kier molecular flexibility index (Phi) is 6.64. The topological polar surface area (TPSA) is 96.0 Å². The van der Waals surface area contributed by atoms with E-state index in [1.165, 1.54) is 11.8 Å². The van der Waals surface area contributed by atoms with E-state index in [2.05, 4.69) is 15.5 Å². The lowest BCUT2D eigenvalue weighted by atomic mass is 10.1. The summed E-state index contributed by atoms with van der Waals surface area (Å²) in [6, 6.07) is 9.95. The first kappa shape index (κ1) is 22.1. The summed E-state index contributed by atoms with van der Waals surface area (Å²) in [5.41, 5.74) is 1.99. The molecule has 0 aliphatic heterocycles. The molecule has 168 valence electrons. The summed E-state index contributed by atoms with van der Waals surface area (Å²) in [7, 11) is 3.85. The van der Waals surface area contributed by atoms with Crippen molar-refractivity contribution in [3.05, 3.63) is 41.6 Å². The lowest BCUT2D eigenvalue weighted by molar-refractivity contribution is -0.119. The molecule has 1 aliphatic rings. The molecule has 2 heterocycles.